The fraction of sp³-hybridized carbons (Fsp3) is 0.425. The predicted octanol–water partition coefficient (Wildman–Crippen LogP) is 6.05. The highest BCUT2D eigenvalue weighted by atomic mass is 16.6. The van der Waals surface area contributed by atoms with E-state index in [1.54, 1.807) is 50.2 Å². The van der Waals surface area contributed by atoms with Crippen LogP contribution in [0.25, 0.3) is 0 Å². The van der Waals surface area contributed by atoms with Crippen LogP contribution in [0.2, 0.25) is 0 Å². The van der Waals surface area contributed by atoms with Crippen LogP contribution < -0.4 is 14.2 Å². The number of esters is 5. The van der Waals surface area contributed by atoms with Crippen molar-refractivity contribution in [3.05, 3.63) is 91.1 Å². The van der Waals surface area contributed by atoms with Crippen LogP contribution in [0.4, 0.5) is 0 Å². The van der Waals surface area contributed by atoms with Crippen LogP contribution in [0.1, 0.15) is 59.3 Å². The van der Waals surface area contributed by atoms with Crippen molar-refractivity contribution in [1.29, 1.82) is 0 Å². The lowest BCUT2D eigenvalue weighted by Crippen LogP contribution is -2.31. The Labute approximate surface area is 310 Å². The number of carbonyl (C=O) groups is 5. The van der Waals surface area contributed by atoms with Gasteiger partial charge in [-0.3, -0.25) is 9.59 Å². The van der Waals surface area contributed by atoms with E-state index < -0.39 is 42.1 Å². The molecule has 0 spiro atoms. The molecule has 2 aromatic rings. The zero-order valence-electron chi connectivity index (χ0n) is 30.8. The standard InChI is InChI=1S/C40H50O13/c1-28(2)38(43)46-21-12-10-19-36(41)52-34(24-48-31-15-8-7-9-16-31)25-49-32-17-14-18-33(23-32)50-26-35(27-51-40(45)30(5)6)53-37(42)20-11-13-22-47-39(44)29(3)4/h7-9,14-18,23,34-35H,1,3,5,10-13,19-22,24-27H2,2,4,6H3. The van der Waals surface area contributed by atoms with E-state index in [4.69, 9.17) is 37.9 Å². The quantitative estimate of drug-likeness (QED) is 0.0476. The summed E-state index contributed by atoms with van der Waals surface area (Å²) in [5.41, 5.74) is 0.779. The van der Waals surface area contributed by atoms with Crippen molar-refractivity contribution in [3.63, 3.8) is 0 Å². The third-order valence-corrected chi connectivity index (χ3v) is 6.92. The van der Waals surface area contributed by atoms with Crippen LogP contribution in [-0.2, 0) is 47.7 Å². The van der Waals surface area contributed by atoms with Gasteiger partial charge < -0.3 is 37.9 Å². The molecule has 288 valence electrons. The molecule has 0 aliphatic rings. The first kappa shape index (κ1) is 43.6. The van der Waals surface area contributed by atoms with Gasteiger partial charge in [0.15, 0.2) is 12.2 Å². The molecule has 0 aromatic heterocycles. The summed E-state index contributed by atoms with van der Waals surface area (Å²) in [6, 6.07) is 15.7. The average Bonchev–Trinajstić information content (AvgIpc) is 3.13. The van der Waals surface area contributed by atoms with Gasteiger partial charge in [0.2, 0.25) is 0 Å². The molecule has 2 rings (SSSR count). The first-order chi connectivity index (χ1) is 25.3. The van der Waals surface area contributed by atoms with Crippen LogP contribution in [0.15, 0.2) is 91.1 Å². The van der Waals surface area contributed by atoms with Crippen molar-refractivity contribution in [2.75, 3.05) is 39.6 Å². The number of rotatable bonds is 26. The Morgan fingerprint density at radius 3 is 1.36 bits per heavy atom. The molecule has 0 aliphatic carbocycles. The molecule has 0 fully saturated rings. The highest BCUT2D eigenvalue weighted by Crippen LogP contribution is 2.21. The SMILES string of the molecule is C=C(C)C(=O)OCCCCC(=O)OC(COC(=O)C(=C)C)COc1cccc(OCC(COc2ccccc2)OC(=O)CCCCOC(=O)C(=C)C)c1. The number of hydrogen-bond acceptors (Lipinski definition) is 13. The van der Waals surface area contributed by atoms with Crippen LogP contribution in [0.3, 0.4) is 0 Å². The van der Waals surface area contributed by atoms with Gasteiger partial charge in [-0.05, 0) is 70.7 Å². The van der Waals surface area contributed by atoms with E-state index in [-0.39, 0.29) is 63.6 Å². The fourth-order valence-corrected chi connectivity index (χ4v) is 4.07. The third kappa shape index (κ3) is 19.6. The largest absolute Gasteiger partial charge is 0.490 e. The Morgan fingerprint density at radius 2 is 0.906 bits per heavy atom. The number of unbranched alkanes of at least 4 members (excludes halogenated alkanes) is 2. The molecular formula is C40H50O13. The summed E-state index contributed by atoms with van der Waals surface area (Å²) >= 11 is 0. The van der Waals surface area contributed by atoms with Gasteiger partial charge in [0.25, 0.3) is 0 Å². The van der Waals surface area contributed by atoms with Crippen molar-refractivity contribution in [3.8, 4) is 17.2 Å². The van der Waals surface area contributed by atoms with E-state index in [0.717, 1.165) is 0 Å². The maximum absolute atomic E-state index is 12.7. The first-order valence-electron chi connectivity index (χ1n) is 17.2. The molecule has 0 saturated heterocycles. The molecule has 2 unspecified atom stereocenters. The van der Waals surface area contributed by atoms with Gasteiger partial charge in [-0.25, -0.2) is 14.4 Å². The topological polar surface area (TPSA) is 159 Å². The summed E-state index contributed by atoms with van der Waals surface area (Å²) < 4.78 is 44.2. The van der Waals surface area contributed by atoms with Gasteiger partial charge in [-0.1, -0.05) is 44.0 Å². The number of benzene rings is 2. The monoisotopic (exact) mass is 738 g/mol. The molecule has 0 amide bonds. The number of hydrogen-bond donors (Lipinski definition) is 0. The maximum Gasteiger partial charge on any atom is 0.333 e. The Bertz CT molecular complexity index is 1530. The molecule has 0 aliphatic heterocycles. The van der Waals surface area contributed by atoms with E-state index in [1.807, 2.05) is 18.2 Å². The molecule has 0 N–H and O–H groups in total. The van der Waals surface area contributed by atoms with E-state index in [1.165, 1.54) is 6.92 Å². The number of para-hydroxylation sites is 1. The van der Waals surface area contributed by atoms with Crippen molar-refractivity contribution < 1.29 is 61.9 Å². The van der Waals surface area contributed by atoms with Gasteiger partial charge >= 0.3 is 29.8 Å². The number of carbonyl (C=O) groups excluding carboxylic acids is 5. The van der Waals surface area contributed by atoms with Crippen molar-refractivity contribution in [1.82, 2.24) is 0 Å². The Hall–Kier alpha value is -5.59. The van der Waals surface area contributed by atoms with Gasteiger partial charge in [0.1, 0.15) is 43.7 Å². The Kier molecular flexibility index (Phi) is 20.2. The van der Waals surface area contributed by atoms with Gasteiger partial charge in [-0.2, -0.15) is 0 Å². The molecule has 0 saturated carbocycles. The molecular weight excluding hydrogens is 688 g/mol. The molecule has 0 radical (unpaired) electrons. The zero-order valence-corrected chi connectivity index (χ0v) is 30.8. The minimum atomic E-state index is -0.936. The molecule has 2 aromatic carbocycles. The predicted molar refractivity (Wildman–Crippen MR) is 194 cm³/mol. The molecule has 0 bridgehead atoms. The third-order valence-electron chi connectivity index (χ3n) is 6.92. The summed E-state index contributed by atoms with van der Waals surface area (Å²) in [6.07, 6.45) is 0.225. The lowest BCUT2D eigenvalue weighted by atomic mass is 10.2. The zero-order chi connectivity index (χ0) is 39.0. The molecule has 0 heterocycles. The summed E-state index contributed by atoms with van der Waals surface area (Å²) in [7, 11) is 0. The smallest absolute Gasteiger partial charge is 0.333 e. The summed E-state index contributed by atoms with van der Waals surface area (Å²) in [6.45, 7) is 15.1. The van der Waals surface area contributed by atoms with Crippen molar-refractivity contribution >= 4 is 29.8 Å². The Balaban J connectivity index is 1.96. The van der Waals surface area contributed by atoms with Gasteiger partial charge in [0.05, 0.1) is 13.2 Å². The van der Waals surface area contributed by atoms with Crippen LogP contribution in [-0.4, -0.2) is 81.7 Å². The molecule has 13 heteroatoms. The van der Waals surface area contributed by atoms with E-state index in [2.05, 4.69) is 19.7 Å². The average molecular weight is 739 g/mol. The fourth-order valence-electron chi connectivity index (χ4n) is 4.07. The second kappa shape index (κ2) is 24.6. The summed E-state index contributed by atoms with van der Waals surface area (Å²) in [5.74, 6) is -1.26. The van der Waals surface area contributed by atoms with Crippen LogP contribution >= 0.6 is 0 Å². The maximum atomic E-state index is 12.7. The second-order valence-corrected chi connectivity index (χ2v) is 12.1. The lowest BCUT2D eigenvalue weighted by Gasteiger charge is -2.20. The van der Waals surface area contributed by atoms with Crippen LogP contribution in [0.5, 0.6) is 17.2 Å². The normalized spacial score (nSPS) is 11.5. The van der Waals surface area contributed by atoms with Gasteiger partial charge in [-0.15, -0.1) is 0 Å². The van der Waals surface area contributed by atoms with Crippen molar-refractivity contribution in [2.45, 2.75) is 71.5 Å². The van der Waals surface area contributed by atoms with E-state index >= 15 is 0 Å². The highest BCUT2D eigenvalue weighted by Gasteiger charge is 2.20. The second-order valence-electron chi connectivity index (χ2n) is 12.1. The first-order valence-corrected chi connectivity index (χ1v) is 17.2. The van der Waals surface area contributed by atoms with E-state index in [0.29, 0.717) is 48.5 Å². The van der Waals surface area contributed by atoms with E-state index in [9.17, 15) is 24.0 Å². The minimum Gasteiger partial charge on any atom is -0.490 e. The minimum absolute atomic E-state index is 0.0256. The highest BCUT2D eigenvalue weighted by molar-refractivity contribution is 5.87. The summed E-state index contributed by atoms with van der Waals surface area (Å²) in [5, 5.41) is 0. The summed E-state index contributed by atoms with van der Waals surface area (Å²) in [4.78, 5) is 60.3. The van der Waals surface area contributed by atoms with Crippen molar-refractivity contribution in [2.24, 2.45) is 0 Å². The molecule has 53 heavy (non-hydrogen) atoms. The molecule has 2 atom stereocenters. The lowest BCUT2D eigenvalue weighted by molar-refractivity contribution is -0.159. The molecule has 13 nitrogen and oxygen atoms in total. The Morgan fingerprint density at radius 1 is 0.509 bits per heavy atom. The van der Waals surface area contributed by atoms with Crippen LogP contribution in [0, 0.1) is 0 Å². The van der Waals surface area contributed by atoms with Gasteiger partial charge in [0, 0.05) is 35.6 Å². The number of ether oxygens (including phenoxy) is 8.